The van der Waals surface area contributed by atoms with Crippen molar-refractivity contribution in [3.63, 3.8) is 0 Å². The van der Waals surface area contributed by atoms with Crippen LogP contribution >= 0.6 is 0 Å². The van der Waals surface area contributed by atoms with E-state index in [2.05, 4.69) is 6.58 Å². The molecule has 4 rings (SSSR count). The van der Waals surface area contributed by atoms with Crippen molar-refractivity contribution in [1.82, 2.24) is 4.57 Å². The Hall–Kier alpha value is -3.22. The molecule has 0 radical (unpaired) electrons. The van der Waals surface area contributed by atoms with E-state index in [-0.39, 0.29) is 29.7 Å². The number of esters is 2. The summed E-state index contributed by atoms with van der Waals surface area (Å²) < 4.78 is 11.9. The van der Waals surface area contributed by atoms with Crippen LogP contribution in [0.5, 0.6) is 17.5 Å². The van der Waals surface area contributed by atoms with Crippen LogP contribution in [0.2, 0.25) is 0 Å². The number of rotatable bonds is 4. The van der Waals surface area contributed by atoms with Crippen LogP contribution in [0, 0.1) is 0 Å². The Labute approximate surface area is 161 Å². The fourth-order valence-electron chi connectivity index (χ4n) is 4.33. The van der Waals surface area contributed by atoms with Gasteiger partial charge in [-0.3, -0.25) is 9.36 Å². The fraction of sp³-hybridized carbons (Fsp3) is 0.333. The van der Waals surface area contributed by atoms with Crippen molar-refractivity contribution in [1.29, 1.82) is 0 Å². The summed E-state index contributed by atoms with van der Waals surface area (Å²) in [7, 11) is 0. The van der Waals surface area contributed by atoms with E-state index in [1.165, 1.54) is 11.5 Å². The Morgan fingerprint density at radius 1 is 1.07 bits per heavy atom. The first-order valence-electron chi connectivity index (χ1n) is 9.09. The number of nitrogens with zero attached hydrogens (tertiary/aromatic N) is 1. The van der Waals surface area contributed by atoms with Gasteiger partial charge in [-0.05, 0) is 49.9 Å². The van der Waals surface area contributed by atoms with E-state index in [1.54, 1.807) is 31.2 Å². The van der Waals surface area contributed by atoms with E-state index in [9.17, 15) is 19.8 Å². The lowest BCUT2D eigenvalue weighted by molar-refractivity contribution is -0.144. The summed E-state index contributed by atoms with van der Waals surface area (Å²) in [6.07, 6.45) is 1.000. The minimum Gasteiger partial charge on any atom is -0.494 e. The summed E-state index contributed by atoms with van der Waals surface area (Å²) in [4.78, 5) is 22.9. The number of carbonyl (C=O) groups excluding carboxylic acids is 2. The zero-order chi connectivity index (χ0) is 20.2. The monoisotopic (exact) mass is 383 g/mol. The van der Waals surface area contributed by atoms with Crippen LogP contribution in [0.4, 0.5) is 0 Å². The molecule has 0 saturated heterocycles. The van der Waals surface area contributed by atoms with Crippen molar-refractivity contribution in [2.75, 3.05) is 0 Å². The number of hydrogen-bond acceptors (Lipinski definition) is 6. The minimum atomic E-state index is -0.441. The van der Waals surface area contributed by atoms with Gasteiger partial charge in [-0.2, -0.15) is 0 Å². The molecule has 7 heteroatoms. The second kappa shape index (κ2) is 6.44. The quantitative estimate of drug-likeness (QED) is 0.478. The maximum atomic E-state index is 11.9. The first-order valence-corrected chi connectivity index (χ1v) is 9.09. The van der Waals surface area contributed by atoms with Gasteiger partial charge in [0.25, 0.3) is 0 Å². The van der Waals surface area contributed by atoms with Gasteiger partial charge in [0.05, 0.1) is 5.69 Å². The van der Waals surface area contributed by atoms with Gasteiger partial charge in [-0.1, -0.05) is 6.58 Å². The van der Waals surface area contributed by atoms with E-state index >= 15 is 0 Å². The summed E-state index contributed by atoms with van der Waals surface area (Å²) in [6, 6.07) is 6.47. The lowest BCUT2D eigenvalue weighted by atomic mass is 9.92. The first kappa shape index (κ1) is 18.2. The highest BCUT2D eigenvalue weighted by Gasteiger charge is 2.51. The third-order valence-corrected chi connectivity index (χ3v) is 5.44. The average molecular weight is 383 g/mol. The zero-order valence-corrected chi connectivity index (χ0v) is 15.6. The molecule has 3 unspecified atom stereocenters. The van der Waals surface area contributed by atoms with E-state index in [0.717, 1.165) is 6.42 Å². The normalized spacial score (nSPS) is 22.0. The number of aromatic nitrogens is 1. The first-order chi connectivity index (χ1) is 13.3. The average Bonchev–Trinajstić information content (AvgIpc) is 3.27. The number of fused-ring (bicyclic) bond motifs is 5. The van der Waals surface area contributed by atoms with Gasteiger partial charge in [0.15, 0.2) is 0 Å². The van der Waals surface area contributed by atoms with E-state index in [1.807, 2.05) is 0 Å². The zero-order valence-electron chi connectivity index (χ0n) is 15.6. The van der Waals surface area contributed by atoms with Crippen LogP contribution in [0.15, 0.2) is 36.4 Å². The molecule has 2 bridgehead atoms. The molecule has 1 fully saturated rings. The number of aromatic hydroxyl groups is 2. The molecule has 1 aromatic carbocycles. The highest BCUT2D eigenvalue weighted by atomic mass is 16.5. The largest absolute Gasteiger partial charge is 0.494 e. The Bertz CT molecular complexity index is 987. The lowest BCUT2D eigenvalue weighted by Gasteiger charge is -2.22. The summed E-state index contributed by atoms with van der Waals surface area (Å²) in [6.45, 7) is 6.52. The summed E-state index contributed by atoms with van der Waals surface area (Å²) >= 11 is 0. The Morgan fingerprint density at radius 3 is 2.32 bits per heavy atom. The van der Waals surface area contributed by atoms with Crippen LogP contribution in [0.3, 0.4) is 0 Å². The van der Waals surface area contributed by atoms with Crippen molar-refractivity contribution in [2.24, 2.45) is 0 Å². The topological polar surface area (TPSA) is 98.0 Å². The van der Waals surface area contributed by atoms with Gasteiger partial charge < -0.3 is 19.7 Å². The molecular formula is C21H21NO6. The van der Waals surface area contributed by atoms with Crippen molar-refractivity contribution < 1.29 is 29.3 Å². The number of ether oxygens (including phenoxy) is 2. The minimum absolute atomic E-state index is 0.00934. The molecule has 28 heavy (non-hydrogen) atoms. The standard InChI is InChI=1S/C21H21NO6/c1-10(2)21(26)28-16-9-12-8-15(16)18-17(12)19(24)22(20(18)25)13-4-6-14(7-5-13)27-11(3)23/h4-7,12,15-16,24-25H,1,8-9H2,2-3H3. The van der Waals surface area contributed by atoms with Crippen molar-refractivity contribution in [2.45, 2.75) is 44.6 Å². The molecule has 0 aliphatic heterocycles. The van der Waals surface area contributed by atoms with Crippen LogP contribution in [-0.4, -0.2) is 32.8 Å². The van der Waals surface area contributed by atoms with E-state index < -0.39 is 11.9 Å². The molecule has 146 valence electrons. The summed E-state index contributed by atoms with van der Waals surface area (Å²) in [5, 5.41) is 21.6. The molecule has 1 saturated carbocycles. The predicted octanol–water partition coefficient (Wildman–Crippen LogP) is 3.28. The van der Waals surface area contributed by atoms with Gasteiger partial charge in [-0.15, -0.1) is 0 Å². The number of hydrogen-bond donors (Lipinski definition) is 2. The fourth-order valence-corrected chi connectivity index (χ4v) is 4.33. The molecule has 3 atom stereocenters. The van der Waals surface area contributed by atoms with Gasteiger partial charge in [0, 0.05) is 29.5 Å². The molecule has 2 aliphatic rings. The maximum absolute atomic E-state index is 11.9. The van der Waals surface area contributed by atoms with Gasteiger partial charge in [0.1, 0.15) is 11.9 Å². The second-order valence-corrected chi connectivity index (χ2v) is 7.40. The van der Waals surface area contributed by atoms with Crippen molar-refractivity contribution in [3.8, 4) is 23.2 Å². The third-order valence-electron chi connectivity index (χ3n) is 5.44. The Balaban J connectivity index is 1.67. The summed E-state index contributed by atoms with van der Waals surface area (Å²) in [5.41, 5.74) is 2.22. The maximum Gasteiger partial charge on any atom is 0.333 e. The van der Waals surface area contributed by atoms with E-state index in [4.69, 9.17) is 9.47 Å². The van der Waals surface area contributed by atoms with E-state index in [0.29, 0.717) is 34.6 Å². The number of benzene rings is 1. The molecule has 0 spiro atoms. The SMILES string of the molecule is C=C(C)C(=O)OC1CC2CC1c1c2c(O)n(-c2ccc(OC(C)=O)cc2)c1O. The summed E-state index contributed by atoms with van der Waals surface area (Å²) in [5.74, 6) is -0.692. The van der Waals surface area contributed by atoms with Crippen LogP contribution < -0.4 is 4.74 Å². The van der Waals surface area contributed by atoms with Gasteiger partial charge in [-0.25, -0.2) is 4.79 Å². The highest BCUT2D eigenvalue weighted by Crippen LogP contribution is 2.61. The van der Waals surface area contributed by atoms with Crippen LogP contribution in [-0.2, 0) is 14.3 Å². The van der Waals surface area contributed by atoms with Gasteiger partial charge >= 0.3 is 11.9 Å². The second-order valence-electron chi connectivity index (χ2n) is 7.40. The smallest absolute Gasteiger partial charge is 0.333 e. The molecule has 2 aromatic rings. The number of carbonyl (C=O) groups is 2. The molecule has 2 N–H and O–H groups in total. The molecule has 0 amide bonds. The van der Waals surface area contributed by atoms with Crippen LogP contribution in [0.25, 0.3) is 5.69 Å². The van der Waals surface area contributed by atoms with Crippen molar-refractivity contribution >= 4 is 11.9 Å². The third kappa shape index (κ3) is 2.74. The molecule has 7 nitrogen and oxygen atoms in total. The molecular weight excluding hydrogens is 362 g/mol. The molecule has 1 aromatic heterocycles. The van der Waals surface area contributed by atoms with Crippen LogP contribution in [0.1, 0.15) is 49.7 Å². The van der Waals surface area contributed by atoms with Gasteiger partial charge in [0.2, 0.25) is 11.8 Å². The highest BCUT2D eigenvalue weighted by molar-refractivity contribution is 5.87. The Kier molecular flexibility index (Phi) is 4.18. The molecule has 1 heterocycles. The molecule has 2 aliphatic carbocycles. The Morgan fingerprint density at radius 2 is 1.71 bits per heavy atom. The predicted molar refractivity (Wildman–Crippen MR) is 99.8 cm³/mol. The lowest BCUT2D eigenvalue weighted by Crippen LogP contribution is -2.23. The van der Waals surface area contributed by atoms with Crippen molar-refractivity contribution in [3.05, 3.63) is 47.5 Å².